The van der Waals surface area contributed by atoms with Gasteiger partial charge in [-0.2, -0.15) is 79.0 Å². The first-order chi connectivity index (χ1) is 17.0. The molecule has 0 radical (unpaired) electrons. The zero-order chi connectivity index (χ0) is 32.4. The van der Waals surface area contributed by atoms with Crippen LogP contribution in [0.3, 0.4) is 0 Å². The summed E-state index contributed by atoms with van der Waals surface area (Å²) in [6.07, 6.45) is -16.7. The van der Waals surface area contributed by atoms with Crippen molar-refractivity contribution in [1.82, 2.24) is 0 Å². The SMILES string of the molecule is FOC(F)(C(F)(F)OC1(F)C2(F)C(F)(F)C3(F)C(F)(F)C(F)(C2(F)F)C(F)(F)C1(F)C3(F)F)C(F)(F)C(F)(F)F. The molecular formula is C14F24O2. The summed E-state index contributed by atoms with van der Waals surface area (Å²) < 4.78 is 336. The molecule has 4 aliphatic rings. The van der Waals surface area contributed by atoms with Crippen LogP contribution in [0.5, 0.6) is 0 Å². The van der Waals surface area contributed by atoms with E-state index in [2.05, 4.69) is 0 Å². The molecule has 4 rings (SSSR count). The van der Waals surface area contributed by atoms with E-state index < -0.39 is 82.2 Å². The highest BCUT2D eigenvalue weighted by Gasteiger charge is 3.24. The standard InChI is InChI=1S/C14F24O2/c15-1-5(19,20)2(16)8(25,26)3(17,6(1,21)22)11(31,4(18,7(1,23)24)9(2,27)28)39-14(36,37)12(32,40-38)10(29,30)13(33,34)35. The fourth-order valence-electron chi connectivity index (χ4n) is 4.65. The number of alkyl halides is 23. The number of ether oxygens (including phenoxy) is 1. The summed E-state index contributed by atoms with van der Waals surface area (Å²) in [6.45, 7) is 0. The normalized spacial score (nSPS) is 44.4. The molecule has 0 saturated heterocycles. The molecule has 0 aromatic carbocycles. The van der Waals surface area contributed by atoms with Gasteiger partial charge in [0.2, 0.25) is 0 Å². The van der Waals surface area contributed by atoms with Crippen LogP contribution in [-0.2, 0) is 9.68 Å². The Hall–Kier alpha value is -1.76. The van der Waals surface area contributed by atoms with Crippen molar-refractivity contribution in [2.75, 3.05) is 0 Å². The predicted octanol–water partition coefficient (Wildman–Crippen LogP) is 7.08. The largest absolute Gasteiger partial charge is 0.460 e. The molecule has 26 heteroatoms. The molecule has 40 heavy (non-hydrogen) atoms. The summed E-state index contributed by atoms with van der Waals surface area (Å²) >= 11 is 0. The molecule has 0 spiro atoms. The molecule has 236 valence electrons. The van der Waals surface area contributed by atoms with E-state index in [0.29, 0.717) is 0 Å². The molecular weight excluding hydrogens is 656 g/mol. The van der Waals surface area contributed by atoms with Crippen LogP contribution in [0, 0.1) is 0 Å². The van der Waals surface area contributed by atoms with E-state index in [0.717, 1.165) is 4.94 Å². The molecule has 4 bridgehead atoms. The monoisotopic (exact) mass is 656 g/mol. The van der Waals surface area contributed by atoms with E-state index in [1.807, 2.05) is 0 Å². The van der Waals surface area contributed by atoms with Crippen LogP contribution in [0.1, 0.15) is 0 Å². The van der Waals surface area contributed by atoms with E-state index >= 15 is 13.2 Å². The lowest BCUT2D eigenvalue weighted by molar-refractivity contribution is -0.636. The first kappa shape index (κ1) is 32.8. The third kappa shape index (κ3) is 2.22. The quantitative estimate of drug-likeness (QED) is 0.295. The van der Waals surface area contributed by atoms with Crippen LogP contribution in [0.15, 0.2) is 0 Å². The second-order valence-corrected chi connectivity index (χ2v) is 8.46. The number of hydrogen-bond acceptors (Lipinski definition) is 2. The molecule has 0 aromatic heterocycles. The minimum Gasteiger partial charge on any atom is -0.271 e. The van der Waals surface area contributed by atoms with Crippen LogP contribution >= 0.6 is 0 Å². The highest BCUT2D eigenvalue weighted by molar-refractivity contribution is 5.54. The fourth-order valence-corrected chi connectivity index (χ4v) is 4.65. The van der Waals surface area contributed by atoms with Crippen LogP contribution in [0.2, 0.25) is 0 Å². The van der Waals surface area contributed by atoms with Crippen LogP contribution in [0.25, 0.3) is 0 Å². The van der Waals surface area contributed by atoms with Crippen molar-refractivity contribution in [1.29, 1.82) is 0 Å². The van der Waals surface area contributed by atoms with Crippen molar-refractivity contribution in [2.45, 2.75) is 82.2 Å². The number of rotatable bonds is 5. The number of hydrogen-bond donors (Lipinski definition) is 0. The molecule has 0 N–H and O–H groups in total. The highest BCUT2D eigenvalue weighted by Crippen LogP contribution is 2.89. The molecule has 0 aromatic rings. The lowest BCUT2D eigenvalue weighted by Crippen LogP contribution is -3.09. The average molecular weight is 656 g/mol. The Kier molecular flexibility index (Phi) is 5.64. The Balaban J connectivity index is 2.56. The Labute approximate surface area is 199 Å². The maximum atomic E-state index is 15.2. The molecule has 4 aliphatic carbocycles. The van der Waals surface area contributed by atoms with Crippen LogP contribution < -0.4 is 0 Å². The van der Waals surface area contributed by atoms with Crippen molar-refractivity contribution >= 4 is 0 Å². The maximum absolute atomic E-state index is 15.2. The third-order valence-corrected chi connectivity index (χ3v) is 6.72. The Morgan fingerprint density at radius 3 is 0.875 bits per heavy atom. The van der Waals surface area contributed by atoms with Crippen molar-refractivity contribution in [2.24, 2.45) is 0 Å². The van der Waals surface area contributed by atoms with E-state index in [9.17, 15) is 92.3 Å². The summed E-state index contributed by atoms with van der Waals surface area (Å²) in [6, 6.07) is 0. The number of halogens is 24. The molecule has 0 heterocycles. The Bertz CT molecular complexity index is 1020. The van der Waals surface area contributed by atoms with E-state index in [1.54, 1.807) is 0 Å². The zero-order valence-corrected chi connectivity index (χ0v) is 16.9. The average Bonchev–Trinajstić information content (AvgIpc) is 2.76. The smallest absolute Gasteiger partial charge is 0.271 e. The van der Waals surface area contributed by atoms with Gasteiger partial charge in [0.25, 0.3) is 0 Å². The van der Waals surface area contributed by atoms with Gasteiger partial charge in [-0.1, -0.05) is 0 Å². The first-order valence-corrected chi connectivity index (χ1v) is 8.86. The van der Waals surface area contributed by atoms with Gasteiger partial charge in [0.1, 0.15) is 0 Å². The van der Waals surface area contributed by atoms with Crippen LogP contribution in [-0.4, -0.2) is 82.2 Å². The van der Waals surface area contributed by atoms with Crippen molar-refractivity contribution in [3.8, 4) is 0 Å². The lowest BCUT2D eigenvalue weighted by atomic mass is 9.40. The summed E-state index contributed by atoms with van der Waals surface area (Å²) in [5, 5.41) is 0. The van der Waals surface area contributed by atoms with Gasteiger partial charge < -0.3 is 0 Å². The first-order valence-electron chi connectivity index (χ1n) is 8.86. The minimum atomic E-state index is -8.97. The van der Waals surface area contributed by atoms with Crippen molar-refractivity contribution < 1.29 is 115 Å². The highest BCUT2D eigenvalue weighted by atomic mass is 19.4. The van der Waals surface area contributed by atoms with Gasteiger partial charge in [0.05, 0.1) is 0 Å². The molecule has 4 saturated carbocycles. The van der Waals surface area contributed by atoms with Gasteiger partial charge in [0.15, 0.2) is 0 Å². The predicted molar refractivity (Wildman–Crippen MR) is 67.0 cm³/mol. The van der Waals surface area contributed by atoms with Crippen LogP contribution in [0.4, 0.5) is 106 Å². The summed E-state index contributed by atoms with van der Waals surface area (Å²) in [4.78, 5) is 0.838. The second kappa shape index (κ2) is 6.89. The van der Waals surface area contributed by atoms with Gasteiger partial charge in [-0.05, 0) is 4.53 Å². The molecule has 2 nitrogen and oxygen atoms in total. The topological polar surface area (TPSA) is 18.5 Å². The van der Waals surface area contributed by atoms with E-state index in [-0.39, 0.29) is 0 Å². The molecule has 1 unspecified atom stereocenters. The van der Waals surface area contributed by atoms with Gasteiger partial charge >= 0.3 is 82.2 Å². The molecule has 0 amide bonds. The van der Waals surface area contributed by atoms with Gasteiger partial charge in [-0.25, -0.2) is 22.0 Å². The van der Waals surface area contributed by atoms with E-state index in [4.69, 9.17) is 0 Å². The minimum absolute atomic E-state index is 0.838. The Morgan fingerprint density at radius 2 is 0.650 bits per heavy atom. The lowest BCUT2D eigenvalue weighted by Gasteiger charge is -2.74. The van der Waals surface area contributed by atoms with Gasteiger partial charge in [0, 0.05) is 0 Å². The van der Waals surface area contributed by atoms with Crippen molar-refractivity contribution in [3.05, 3.63) is 0 Å². The zero-order valence-electron chi connectivity index (χ0n) is 16.9. The second-order valence-electron chi connectivity index (χ2n) is 8.46. The summed E-state index contributed by atoms with van der Waals surface area (Å²) in [5.74, 6) is -69.3. The van der Waals surface area contributed by atoms with Gasteiger partial charge in [-0.15, -0.1) is 4.94 Å². The Morgan fingerprint density at radius 1 is 0.400 bits per heavy atom. The molecule has 0 aliphatic heterocycles. The molecule has 4 fully saturated rings. The third-order valence-electron chi connectivity index (χ3n) is 6.72. The summed E-state index contributed by atoms with van der Waals surface area (Å²) in [5.41, 5.74) is -34.7. The molecule has 1 atom stereocenters. The maximum Gasteiger partial charge on any atom is 0.460 e. The fraction of sp³-hybridized carbons (Fsp3) is 1.00. The van der Waals surface area contributed by atoms with Crippen molar-refractivity contribution in [3.63, 3.8) is 0 Å². The van der Waals surface area contributed by atoms with Gasteiger partial charge in [-0.3, -0.25) is 4.74 Å². The summed E-state index contributed by atoms with van der Waals surface area (Å²) in [7, 11) is 0. The van der Waals surface area contributed by atoms with E-state index in [1.165, 1.54) is 4.74 Å².